The lowest BCUT2D eigenvalue weighted by Gasteiger charge is -1.99. The number of ether oxygens (including phenoxy) is 1. The minimum Gasteiger partial charge on any atom is -0.402 e. The molecule has 4 heteroatoms. The van der Waals surface area contributed by atoms with Crippen molar-refractivity contribution >= 4 is 17.9 Å². The number of hydrogen-bond donors (Lipinski definition) is 0. The summed E-state index contributed by atoms with van der Waals surface area (Å²) in [7, 11) is 0. The molecule has 21 heavy (non-hydrogen) atoms. The van der Waals surface area contributed by atoms with E-state index in [1.807, 2.05) is 31.2 Å². The highest BCUT2D eigenvalue weighted by molar-refractivity contribution is 6.12. The number of benzene rings is 2. The molecule has 104 valence electrons. The van der Waals surface area contributed by atoms with Gasteiger partial charge in [-0.25, -0.2) is 14.2 Å². The van der Waals surface area contributed by atoms with Gasteiger partial charge < -0.3 is 4.74 Å². The van der Waals surface area contributed by atoms with E-state index in [0.717, 1.165) is 11.1 Å². The van der Waals surface area contributed by atoms with E-state index >= 15 is 0 Å². The second-order valence-electron chi connectivity index (χ2n) is 4.73. The van der Waals surface area contributed by atoms with Crippen LogP contribution in [0.2, 0.25) is 0 Å². The van der Waals surface area contributed by atoms with E-state index in [9.17, 15) is 9.18 Å². The SMILES string of the molecule is Cc1ccc(/C=C2/N=C(c3ccccc3F)OC2=O)cc1. The van der Waals surface area contributed by atoms with E-state index in [0.29, 0.717) is 0 Å². The number of halogens is 1. The largest absolute Gasteiger partial charge is 0.402 e. The van der Waals surface area contributed by atoms with Crippen LogP contribution in [0.5, 0.6) is 0 Å². The smallest absolute Gasteiger partial charge is 0.363 e. The summed E-state index contributed by atoms with van der Waals surface area (Å²) in [5.74, 6) is -1.05. The first kappa shape index (κ1) is 13.2. The van der Waals surface area contributed by atoms with Crippen molar-refractivity contribution in [2.45, 2.75) is 6.92 Å². The Morgan fingerprint density at radius 1 is 1.10 bits per heavy atom. The molecule has 1 heterocycles. The Kier molecular flexibility index (Phi) is 3.36. The van der Waals surface area contributed by atoms with Crippen molar-refractivity contribution in [3.8, 4) is 0 Å². The lowest BCUT2D eigenvalue weighted by molar-refractivity contribution is -0.129. The maximum atomic E-state index is 13.7. The van der Waals surface area contributed by atoms with E-state index in [1.54, 1.807) is 18.2 Å². The molecule has 1 aliphatic heterocycles. The highest BCUT2D eigenvalue weighted by atomic mass is 19.1. The second kappa shape index (κ2) is 5.32. The van der Waals surface area contributed by atoms with Crippen LogP contribution in [0.15, 0.2) is 59.2 Å². The predicted molar refractivity (Wildman–Crippen MR) is 78.2 cm³/mol. The molecule has 0 aliphatic carbocycles. The van der Waals surface area contributed by atoms with Gasteiger partial charge in [0.1, 0.15) is 5.82 Å². The van der Waals surface area contributed by atoms with Crippen molar-refractivity contribution in [1.29, 1.82) is 0 Å². The van der Waals surface area contributed by atoms with Gasteiger partial charge in [-0.15, -0.1) is 0 Å². The number of aliphatic imine (C=N–C) groups is 1. The molecule has 0 unspecified atom stereocenters. The lowest BCUT2D eigenvalue weighted by atomic mass is 10.1. The summed E-state index contributed by atoms with van der Waals surface area (Å²) in [5, 5.41) is 0. The molecule has 0 radical (unpaired) electrons. The molecule has 3 rings (SSSR count). The van der Waals surface area contributed by atoms with Crippen molar-refractivity contribution in [2.75, 3.05) is 0 Å². The summed E-state index contributed by atoms with van der Waals surface area (Å²) in [6.07, 6.45) is 1.62. The molecule has 0 atom stereocenters. The average molecular weight is 281 g/mol. The van der Waals surface area contributed by atoms with Crippen molar-refractivity contribution < 1.29 is 13.9 Å². The van der Waals surface area contributed by atoms with E-state index in [-0.39, 0.29) is 17.2 Å². The number of hydrogen-bond acceptors (Lipinski definition) is 3. The molecular formula is C17H12FNO2. The molecule has 0 amide bonds. The summed E-state index contributed by atoms with van der Waals surface area (Å²) in [6, 6.07) is 13.7. The number of aryl methyl sites for hydroxylation is 1. The Labute approximate surface area is 121 Å². The van der Waals surface area contributed by atoms with Crippen LogP contribution in [0.4, 0.5) is 4.39 Å². The van der Waals surface area contributed by atoms with Gasteiger partial charge in [-0.05, 0) is 30.7 Å². The predicted octanol–water partition coefficient (Wildman–Crippen LogP) is 3.48. The number of esters is 1. The van der Waals surface area contributed by atoms with E-state index in [2.05, 4.69) is 4.99 Å². The maximum Gasteiger partial charge on any atom is 0.363 e. The third-order valence-corrected chi connectivity index (χ3v) is 3.11. The van der Waals surface area contributed by atoms with Crippen LogP contribution >= 0.6 is 0 Å². The Balaban J connectivity index is 1.96. The van der Waals surface area contributed by atoms with Gasteiger partial charge in [-0.2, -0.15) is 0 Å². The summed E-state index contributed by atoms with van der Waals surface area (Å²) in [5.41, 5.74) is 2.31. The normalized spacial score (nSPS) is 16.0. The van der Waals surface area contributed by atoms with Crippen LogP contribution in [-0.4, -0.2) is 11.9 Å². The summed E-state index contributed by atoms with van der Waals surface area (Å²) >= 11 is 0. The zero-order valence-corrected chi connectivity index (χ0v) is 11.3. The second-order valence-corrected chi connectivity index (χ2v) is 4.73. The van der Waals surface area contributed by atoms with Crippen LogP contribution in [0.3, 0.4) is 0 Å². The number of carbonyl (C=O) groups is 1. The van der Waals surface area contributed by atoms with Gasteiger partial charge >= 0.3 is 5.97 Å². The zero-order valence-electron chi connectivity index (χ0n) is 11.3. The number of rotatable bonds is 2. The highest BCUT2D eigenvalue weighted by Crippen LogP contribution is 2.20. The molecule has 0 bridgehead atoms. The maximum absolute atomic E-state index is 13.7. The van der Waals surface area contributed by atoms with Gasteiger partial charge in [0.15, 0.2) is 5.70 Å². The van der Waals surface area contributed by atoms with Crippen LogP contribution in [0.1, 0.15) is 16.7 Å². The standard InChI is InChI=1S/C17H12FNO2/c1-11-6-8-12(9-7-11)10-15-17(20)21-16(19-15)13-4-2-3-5-14(13)18/h2-10H,1H3/b15-10+. The average Bonchev–Trinajstić information content (AvgIpc) is 2.83. The Bertz CT molecular complexity index is 761. The Morgan fingerprint density at radius 3 is 2.52 bits per heavy atom. The van der Waals surface area contributed by atoms with E-state index in [4.69, 9.17) is 4.74 Å². The fourth-order valence-corrected chi connectivity index (χ4v) is 1.98. The van der Waals surface area contributed by atoms with Gasteiger partial charge in [0.05, 0.1) is 5.56 Å². The van der Waals surface area contributed by atoms with Crippen LogP contribution in [0, 0.1) is 12.7 Å². The molecule has 0 saturated heterocycles. The third kappa shape index (κ3) is 2.74. The van der Waals surface area contributed by atoms with Crippen molar-refractivity contribution in [3.63, 3.8) is 0 Å². The fourth-order valence-electron chi connectivity index (χ4n) is 1.98. The zero-order chi connectivity index (χ0) is 14.8. The van der Waals surface area contributed by atoms with Crippen molar-refractivity contribution in [1.82, 2.24) is 0 Å². The Hall–Kier alpha value is -2.75. The number of nitrogens with zero attached hydrogens (tertiary/aromatic N) is 1. The number of cyclic esters (lactones) is 1. The minimum absolute atomic E-state index is 0.00328. The molecule has 0 N–H and O–H groups in total. The van der Waals surface area contributed by atoms with Gasteiger partial charge in [0, 0.05) is 0 Å². The Morgan fingerprint density at radius 2 is 1.81 bits per heavy atom. The lowest BCUT2D eigenvalue weighted by Crippen LogP contribution is -2.07. The summed E-state index contributed by atoms with van der Waals surface area (Å²) in [4.78, 5) is 15.9. The van der Waals surface area contributed by atoms with Crippen molar-refractivity contribution in [3.05, 3.63) is 76.7 Å². The first-order valence-electron chi connectivity index (χ1n) is 6.47. The molecule has 0 fully saturated rings. The van der Waals surface area contributed by atoms with Crippen LogP contribution in [0.25, 0.3) is 6.08 Å². The molecule has 0 aromatic heterocycles. The fraction of sp³-hybridized carbons (Fsp3) is 0.0588. The van der Waals surface area contributed by atoms with E-state index in [1.165, 1.54) is 12.1 Å². The quantitative estimate of drug-likeness (QED) is 0.624. The topological polar surface area (TPSA) is 38.7 Å². The van der Waals surface area contributed by atoms with Crippen LogP contribution in [-0.2, 0) is 9.53 Å². The van der Waals surface area contributed by atoms with Gasteiger partial charge in [-0.1, -0.05) is 42.0 Å². The van der Waals surface area contributed by atoms with Gasteiger partial charge in [0.25, 0.3) is 0 Å². The number of carbonyl (C=O) groups excluding carboxylic acids is 1. The molecule has 1 aliphatic rings. The van der Waals surface area contributed by atoms with Gasteiger partial charge in [-0.3, -0.25) is 0 Å². The van der Waals surface area contributed by atoms with Crippen LogP contribution < -0.4 is 0 Å². The molecule has 0 spiro atoms. The highest BCUT2D eigenvalue weighted by Gasteiger charge is 2.25. The summed E-state index contributed by atoms with van der Waals surface area (Å²) in [6.45, 7) is 1.98. The molecule has 3 nitrogen and oxygen atoms in total. The monoisotopic (exact) mass is 281 g/mol. The molecule has 0 saturated carbocycles. The first-order chi connectivity index (χ1) is 10.1. The first-order valence-corrected chi connectivity index (χ1v) is 6.47. The van der Waals surface area contributed by atoms with Crippen molar-refractivity contribution in [2.24, 2.45) is 4.99 Å². The van der Waals surface area contributed by atoms with Gasteiger partial charge in [0.2, 0.25) is 5.90 Å². The van der Waals surface area contributed by atoms with E-state index < -0.39 is 11.8 Å². The third-order valence-electron chi connectivity index (χ3n) is 3.11. The molecule has 2 aromatic rings. The summed E-state index contributed by atoms with van der Waals surface area (Å²) < 4.78 is 18.7. The molecule has 2 aromatic carbocycles. The molecular weight excluding hydrogens is 269 g/mol. The minimum atomic E-state index is -0.575.